The number of hydrogen-bond acceptors (Lipinski definition) is 6. The molecule has 2 aromatic rings. The van der Waals surface area contributed by atoms with Gasteiger partial charge in [-0.3, -0.25) is 14.3 Å². The predicted molar refractivity (Wildman–Crippen MR) is 109 cm³/mol. The number of fused-ring (bicyclic) bond motifs is 2. The van der Waals surface area contributed by atoms with Crippen LogP contribution in [0.4, 0.5) is 10.1 Å². The number of benzene rings is 1. The number of nitrogens with one attached hydrogen (secondary N) is 1. The second-order valence-electron chi connectivity index (χ2n) is 8.87. The first kappa shape index (κ1) is 19.6. The van der Waals surface area contributed by atoms with Gasteiger partial charge in [0.25, 0.3) is 5.56 Å². The summed E-state index contributed by atoms with van der Waals surface area (Å²) in [4.78, 5) is 29.3. The van der Waals surface area contributed by atoms with E-state index >= 15 is 4.39 Å². The number of methoxy groups -OCH3 is 1. The third-order valence-corrected chi connectivity index (χ3v) is 7.08. The molecule has 30 heavy (non-hydrogen) atoms. The molecule has 1 aromatic carbocycles. The van der Waals surface area contributed by atoms with Crippen LogP contribution in [0.25, 0.3) is 10.9 Å². The van der Waals surface area contributed by atoms with Gasteiger partial charge in [-0.15, -0.1) is 0 Å². The number of hydrogen-bond donors (Lipinski definition) is 3. The summed E-state index contributed by atoms with van der Waals surface area (Å²) in [6, 6.07) is -0.0402. The number of aryl methyl sites for hydroxylation is 1. The highest BCUT2D eigenvalue weighted by Gasteiger charge is 2.45. The van der Waals surface area contributed by atoms with Crippen LogP contribution in [0.15, 0.2) is 9.59 Å². The summed E-state index contributed by atoms with van der Waals surface area (Å²) in [6.07, 6.45) is 1.28. The molecule has 8 nitrogen and oxygen atoms in total. The quantitative estimate of drug-likeness (QED) is 0.687. The Hall–Kier alpha value is -2.39. The normalized spacial score (nSPS) is 28.8. The number of halogens is 1. The zero-order valence-corrected chi connectivity index (χ0v) is 17.0. The Bertz CT molecular complexity index is 1140. The highest BCUT2D eigenvalue weighted by Crippen LogP contribution is 2.47. The van der Waals surface area contributed by atoms with Crippen molar-refractivity contribution < 1.29 is 19.3 Å². The van der Waals surface area contributed by atoms with Gasteiger partial charge in [-0.05, 0) is 38.5 Å². The summed E-state index contributed by atoms with van der Waals surface area (Å²) >= 11 is 0. The van der Waals surface area contributed by atoms with Crippen LogP contribution in [0.1, 0.15) is 37.3 Å². The molecule has 1 aliphatic heterocycles. The van der Waals surface area contributed by atoms with E-state index in [0.29, 0.717) is 25.0 Å². The Morgan fingerprint density at radius 1 is 1.13 bits per heavy atom. The molecule has 0 radical (unpaired) electrons. The van der Waals surface area contributed by atoms with Crippen LogP contribution >= 0.6 is 0 Å². The zero-order valence-electron chi connectivity index (χ0n) is 17.0. The number of rotatable bonds is 3. The Balaban J connectivity index is 1.74. The molecule has 1 aromatic heterocycles. The highest BCUT2D eigenvalue weighted by molar-refractivity contribution is 5.93. The van der Waals surface area contributed by atoms with E-state index in [1.54, 1.807) is 6.92 Å². The van der Waals surface area contributed by atoms with Gasteiger partial charge in [0.1, 0.15) is 11.2 Å². The molecule has 0 amide bonds. The molecule has 2 saturated carbocycles. The summed E-state index contributed by atoms with van der Waals surface area (Å²) < 4.78 is 22.8. The van der Waals surface area contributed by atoms with E-state index in [4.69, 9.17) is 4.74 Å². The molecule has 2 aliphatic carbocycles. The third kappa shape index (κ3) is 2.71. The summed E-state index contributed by atoms with van der Waals surface area (Å²) in [5, 5.41) is 20.6. The molecular formula is C21H26FN3O5. The fourth-order valence-corrected chi connectivity index (χ4v) is 5.39. The van der Waals surface area contributed by atoms with Gasteiger partial charge in [0, 0.05) is 30.6 Å². The van der Waals surface area contributed by atoms with Crippen molar-refractivity contribution in [2.45, 2.75) is 50.9 Å². The summed E-state index contributed by atoms with van der Waals surface area (Å²) in [5.74, 6) is -0.414. The van der Waals surface area contributed by atoms with E-state index in [9.17, 15) is 19.8 Å². The number of anilines is 1. The standard InChI is InChI=1S/C21H26FN3O5/c1-9-14-16(25(11-4-5-11)21(29)23-20(14)28)19(30-2)17(15(9)22)24-7-10-3-6-13(26)18(27)12(10)8-24/h10-13,18,26-27H,3-8H2,1-2H3,(H,23,28,29). The maximum absolute atomic E-state index is 15.6. The first-order valence-corrected chi connectivity index (χ1v) is 10.5. The van der Waals surface area contributed by atoms with Gasteiger partial charge >= 0.3 is 5.69 Å². The van der Waals surface area contributed by atoms with E-state index < -0.39 is 29.3 Å². The molecule has 162 valence electrons. The fourth-order valence-electron chi connectivity index (χ4n) is 5.39. The molecule has 3 N–H and O–H groups in total. The Morgan fingerprint density at radius 3 is 2.53 bits per heavy atom. The van der Waals surface area contributed by atoms with Crippen LogP contribution in [0.5, 0.6) is 5.75 Å². The van der Waals surface area contributed by atoms with Gasteiger partial charge in [0.2, 0.25) is 0 Å². The van der Waals surface area contributed by atoms with Crippen LogP contribution in [0.3, 0.4) is 0 Å². The van der Waals surface area contributed by atoms with Crippen LogP contribution in [0, 0.1) is 24.6 Å². The lowest BCUT2D eigenvalue weighted by atomic mass is 9.78. The van der Waals surface area contributed by atoms with Crippen LogP contribution < -0.4 is 20.9 Å². The highest BCUT2D eigenvalue weighted by atomic mass is 19.1. The van der Waals surface area contributed by atoms with Crippen LogP contribution in [0.2, 0.25) is 0 Å². The third-order valence-electron chi connectivity index (χ3n) is 7.08. The molecule has 9 heteroatoms. The topological polar surface area (TPSA) is 108 Å². The van der Waals surface area contributed by atoms with E-state index in [1.165, 1.54) is 11.7 Å². The molecular weight excluding hydrogens is 393 g/mol. The molecule has 5 rings (SSSR count). The van der Waals surface area contributed by atoms with Gasteiger partial charge < -0.3 is 19.8 Å². The largest absolute Gasteiger partial charge is 0.492 e. The maximum atomic E-state index is 15.6. The lowest BCUT2D eigenvalue weighted by Crippen LogP contribution is -2.42. The monoisotopic (exact) mass is 419 g/mol. The van der Waals surface area contributed by atoms with E-state index in [2.05, 4.69) is 4.98 Å². The molecule has 3 aliphatic rings. The smallest absolute Gasteiger partial charge is 0.329 e. The average molecular weight is 419 g/mol. The van der Waals surface area contributed by atoms with Crippen molar-refractivity contribution in [1.82, 2.24) is 9.55 Å². The van der Waals surface area contributed by atoms with Crippen molar-refractivity contribution >= 4 is 16.6 Å². The van der Waals surface area contributed by atoms with E-state index in [-0.39, 0.29) is 40.3 Å². The van der Waals surface area contributed by atoms with Crippen molar-refractivity contribution in [2.24, 2.45) is 11.8 Å². The van der Waals surface area contributed by atoms with E-state index in [0.717, 1.165) is 19.3 Å². The van der Waals surface area contributed by atoms with Crippen molar-refractivity contribution in [3.05, 3.63) is 32.2 Å². The van der Waals surface area contributed by atoms with Gasteiger partial charge in [-0.1, -0.05) is 0 Å². The number of aromatic nitrogens is 2. The summed E-state index contributed by atoms with van der Waals surface area (Å²) in [5.41, 5.74) is -0.413. The second kappa shape index (κ2) is 6.81. The average Bonchev–Trinajstić information content (AvgIpc) is 3.44. The molecule has 2 heterocycles. The van der Waals surface area contributed by atoms with Crippen LogP contribution in [-0.2, 0) is 0 Å². The maximum Gasteiger partial charge on any atom is 0.329 e. The van der Waals surface area contributed by atoms with Crippen LogP contribution in [-0.4, -0.2) is 52.2 Å². The SMILES string of the molecule is COc1c(N2CC3CCC(O)C(O)C3C2)c(F)c(C)c2c(=O)[nH]c(=O)n(C3CC3)c12. The number of nitrogens with zero attached hydrogens (tertiary/aromatic N) is 2. The number of H-pyrrole nitrogens is 1. The fraction of sp³-hybridized carbons (Fsp3) is 0.619. The number of aliphatic hydroxyl groups is 2. The lowest BCUT2D eigenvalue weighted by molar-refractivity contribution is -0.0532. The van der Waals surface area contributed by atoms with Crippen molar-refractivity contribution in [3.8, 4) is 5.75 Å². The molecule has 4 unspecified atom stereocenters. The summed E-state index contributed by atoms with van der Waals surface area (Å²) in [7, 11) is 1.41. The zero-order chi connectivity index (χ0) is 21.3. The minimum absolute atomic E-state index is 0.0402. The van der Waals surface area contributed by atoms with Crippen molar-refractivity contribution in [2.75, 3.05) is 25.1 Å². The summed E-state index contributed by atoms with van der Waals surface area (Å²) in [6.45, 7) is 2.43. The molecule has 1 saturated heterocycles. The lowest BCUT2D eigenvalue weighted by Gasteiger charge is -2.32. The number of ether oxygens (including phenoxy) is 1. The first-order chi connectivity index (χ1) is 14.3. The predicted octanol–water partition coefficient (Wildman–Crippen LogP) is 1.05. The van der Waals surface area contributed by atoms with Gasteiger partial charge in [-0.2, -0.15) is 0 Å². The molecule has 3 fully saturated rings. The molecule has 0 spiro atoms. The second-order valence-corrected chi connectivity index (χ2v) is 8.87. The number of aliphatic hydroxyl groups excluding tert-OH is 2. The Labute approximate surface area is 171 Å². The number of aromatic amines is 1. The van der Waals surface area contributed by atoms with Gasteiger partial charge in [0.15, 0.2) is 11.6 Å². The van der Waals surface area contributed by atoms with Gasteiger partial charge in [-0.25, -0.2) is 9.18 Å². The first-order valence-electron chi connectivity index (χ1n) is 10.5. The van der Waals surface area contributed by atoms with E-state index in [1.807, 2.05) is 4.90 Å². The molecule has 4 atom stereocenters. The molecule has 0 bridgehead atoms. The van der Waals surface area contributed by atoms with Crippen molar-refractivity contribution in [3.63, 3.8) is 0 Å². The van der Waals surface area contributed by atoms with Gasteiger partial charge in [0.05, 0.1) is 24.7 Å². The minimum Gasteiger partial charge on any atom is -0.492 e. The van der Waals surface area contributed by atoms with Crippen molar-refractivity contribution in [1.29, 1.82) is 0 Å². The Kier molecular flexibility index (Phi) is 4.44. The Morgan fingerprint density at radius 2 is 1.87 bits per heavy atom. The minimum atomic E-state index is -0.850.